The highest BCUT2D eigenvalue weighted by molar-refractivity contribution is 5.25. The fraction of sp³-hybridized carbons (Fsp3) is 1.00. The van der Waals surface area contributed by atoms with Gasteiger partial charge in [0, 0.05) is 23.2 Å². The smallest absolute Gasteiger partial charge is 0.106 e. The Morgan fingerprint density at radius 2 is 1.30 bits per heavy atom. The van der Waals surface area contributed by atoms with Crippen LogP contribution in [0.15, 0.2) is 0 Å². The Morgan fingerprint density at radius 1 is 0.741 bits per heavy atom. The van der Waals surface area contributed by atoms with Crippen LogP contribution in [0.2, 0.25) is 0 Å². The minimum Gasteiger partial charge on any atom is -0.392 e. The van der Waals surface area contributed by atoms with Gasteiger partial charge >= 0.3 is 0 Å². The first-order valence-corrected chi connectivity index (χ1v) is 10.1. The molecule has 0 spiro atoms. The quantitative estimate of drug-likeness (QED) is 0.283. The van der Waals surface area contributed by atoms with Gasteiger partial charge in [0.2, 0.25) is 0 Å². The van der Waals surface area contributed by atoms with Crippen molar-refractivity contribution < 1.29 is 35.7 Å². The third-order valence-electron chi connectivity index (χ3n) is 9.27. The second-order valence-electron chi connectivity index (χ2n) is 10.6. The van der Waals surface area contributed by atoms with Crippen molar-refractivity contribution in [2.75, 3.05) is 0 Å². The van der Waals surface area contributed by atoms with Gasteiger partial charge in [0.1, 0.15) is 5.60 Å². The van der Waals surface area contributed by atoms with E-state index in [1.54, 1.807) is 27.7 Å². The normalized spacial score (nSPS) is 64.8. The monoisotopic (exact) mass is 386 g/mol. The van der Waals surface area contributed by atoms with E-state index < -0.39 is 70.3 Å². The second-order valence-corrected chi connectivity index (χ2v) is 10.6. The highest BCUT2D eigenvalue weighted by Gasteiger charge is 2.76. The second kappa shape index (κ2) is 5.45. The van der Waals surface area contributed by atoms with Gasteiger partial charge in [0.15, 0.2) is 0 Å². The molecule has 0 aromatic rings. The van der Waals surface area contributed by atoms with E-state index in [-0.39, 0.29) is 12.3 Å². The molecule has 7 heteroatoms. The molecule has 5 aliphatic rings. The van der Waals surface area contributed by atoms with Crippen LogP contribution in [0, 0.1) is 35.0 Å². The molecule has 5 fully saturated rings. The van der Waals surface area contributed by atoms with E-state index in [1.807, 2.05) is 0 Å². The lowest BCUT2D eigenvalue weighted by Gasteiger charge is -2.57. The summed E-state index contributed by atoms with van der Waals surface area (Å²) in [7, 11) is 0. The Labute approximate surface area is 159 Å². The lowest BCUT2D eigenvalue weighted by molar-refractivity contribution is -0.238. The molecule has 0 aromatic carbocycles. The Morgan fingerprint density at radius 3 is 1.85 bits per heavy atom. The van der Waals surface area contributed by atoms with Crippen LogP contribution in [0.3, 0.4) is 0 Å². The van der Waals surface area contributed by atoms with E-state index in [2.05, 4.69) is 0 Å². The largest absolute Gasteiger partial charge is 0.392 e. The third-order valence-corrected chi connectivity index (χ3v) is 9.27. The van der Waals surface area contributed by atoms with Crippen LogP contribution in [0.1, 0.15) is 47.0 Å². The van der Waals surface area contributed by atoms with Crippen LogP contribution in [-0.4, -0.2) is 77.0 Å². The first-order valence-electron chi connectivity index (χ1n) is 10.1. The molecule has 2 bridgehead atoms. The number of fused-ring (bicyclic) bond motifs is 2. The summed E-state index contributed by atoms with van der Waals surface area (Å²) in [6.07, 6.45) is -3.60. The summed E-state index contributed by atoms with van der Waals surface area (Å²) in [5, 5.41) is 77.3. The molecule has 0 aliphatic heterocycles. The van der Waals surface area contributed by atoms with Crippen LogP contribution in [0.25, 0.3) is 0 Å². The molecule has 7 N–H and O–H groups in total. The van der Waals surface area contributed by atoms with Gasteiger partial charge in [0.05, 0.1) is 35.6 Å². The van der Waals surface area contributed by atoms with Gasteiger partial charge in [-0.1, -0.05) is 13.8 Å². The number of aliphatic hydroxyl groups excluding tert-OH is 4. The van der Waals surface area contributed by atoms with Gasteiger partial charge < -0.3 is 35.7 Å². The lowest BCUT2D eigenvalue weighted by Crippen LogP contribution is -2.66. The average molecular weight is 386 g/mol. The third kappa shape index (κ3) is 2.06. The Hall–Kier alpha value is -0.280. The summed E-state index contributed by atoms with van der Waals surface area (Å²) in [6, 6.07) is 0. The molecule has 12 atom stereocenters. The van der Waals surface area contributed by atoms with Crippen molar-refractivity contribution in [2.24, 2.45) is 35.0 Å². The zero-order chi connectivity index (χ0) is 20.3. The van der Waals surface area contributed by atoms with Crippen molar-refractivity contribution in [3.05, 3.63) is 0 Å². The number of aliphatic hydroxyl groups is 7. The molecule has 7 nitrogen and oxygen atoms in total. The fourth-order valence-corrected chi connectivity index (χ4v) is 7.68. The van der Waals surface area contributed by atoms with Gasteiger partial charge in [-0.2, -0.15) is 0 Å². The molecule has 5 aliphatic carbocycles. The molecule has 0 radical (unpaired) electrons. The van der Waals surface area contributed by atoms with Gasteiger partial charge in [-0.25, -0.2) is 0 Å². The summed E-state index contributed by atoms with van der Waals surface area (Å²) in [5.74, 6) is -2.77. The first kappa shape index (κ1) is 20.0. The number of hydrogen-bond donors (Lipinski definition) is 7. The maximum absolute atomic E-state index is 11.6. The van der Waals surface area contributed by atoms with E-state index in [0.717, 1.165) is 0 Å². The zero-order valence-electron chi connectivity index (χ0n) is 16.4. The maximum Gasteiger partial charge on any atom is 0.106 e. The van der Waals surface area contributed by atoms with E-state index in [9.17, 15) is 35.7 Å². The summed E-state index contributed by atoms with van der Waals surface area (Å²) in [6.45, 7) is 6.43. The SMILES string of the molecule is CC1(C)[C@@H](O)[C@@H](O)[C@H]2[C@@](C)(O)[C@@H]3CC[C@H]4[C@H](O)[C@@H]([C@@H]3C[C@@H](O)[C@@]21O)[C@@]4(C)O. The number of rotatable bonds is 0. The van der Waals surface area contributed by atoms with Crippen molar-refractivity contribution in [3.8, 4) is 0 Å². The summed E-state index contributed by atoms with van der Waals surface area (Å²) in [5.41, 5.74) is -5.82. The van der Waals surface area contributed by atoms with Crippen LogP contribution in [-0.2, 0) is 0 Å². The number of hydrogen-bond acceptors (Lipinski definition) is 7. The van der Waals surface area contributed by atoms with Gasteiger partial charge in [-0.3, -0.25) is 0 Å². The molecule has 156 valence electrons. The summed E-state index contributed by atoms with van der Waals surface area (Å²) >= 11 is 0. The molecule has 0 unspecified atom stereocenters. The van der Waals surface area contributed by atoms with Crippen molar-refractivity contribution in [1.29, 1.82) is 0 Å². The topological polar surface area (TPSA) is 142 Å². The van der Waals surface area contributed by atoms with Gasteiger partial charge in [-0.15, -0.1) is 0 Å². The van der Waals surface area contributed by atoms with Crippen molar-refractivity contribution in [1.82, 2.24) is 0 Å². The summed E-state index contributed by atoms with van der Waals surface area (Å²) in [4.78, 5) is 0. The van der Waals surface area contributed by atoms with Gasteiger partial charge in [0.25, 0.3) is 0 Å². The lowest BCUT2D eigenvalue weighted by atomic mass is 9.54. The zero-order valence-corrected chi connectivity index (χ0v) is 16.4. The Bertz CT molecular complexity index is 632. The minimum absolute atomic E-state index is 0.0846. The van der Waals surface area contributed by atoms with Crippen LogP contribution < -0.4 is 0 Å². The average Bonchev–Trinajstić information content (AvgIpc) is 2.72. The summed E-state index contributed by atoms with van der Waals surface area (Å²) < 4.78 is 0. The standard InChI is InChI=1S/C20H34O7/c1-17(2)16(24)14(23)15-19(4,26)9-5-6-10-13(22)12(18(10,3)25)8(9)7-11(21)20(15,17)27/h8-16,21-27H,5-7H2,1-4H3/t8-,9-,10+,11-,12-,13+,14+,15+,16+,18+,19+,20-/m1/s1. The predicted molar refractivity (Wildman–Crippen MR) is 95.3 cm³/mol. The molecular formula is C20H34O7. The Balaban J connectivity index is 1.86. The first-order chi connectivity index (χ1) is 12.2. The minimum atomic E-state index is -1.90. The van der Waals surface area contributed by atoms with Crippen molar-refractivity contribution >= 4 is 0 Å². The predicted octanol–water partition coefficient (Wildman–Crippen LogP) is -1.01. The molecule has 0 amide bonds. The van der Waals surface area contributed by atoms with Crippen molar-refractivity contribution in [2.45, 2.75) is 88.2 Å². The van der Waals surface area contributed by atoms with E-state index in [1.165, 1.54) is 0 Å². The molecule has 0 saturated heterocycles. The maximum atomic E-state index is 11.6. The molecule has 5 rings (SSSR count). The van der Waals surface area contributed by atoms with Crippen LogP contribution in [0.4, 0.5) is 0 Å². The Kier molecular flexibility index (Phi) is 4.04. The van der Waals surface area contributed by atoms with E-state index in [4.69, 9.17) is 0 Å². The highest BCUT2D eigenvalue weighted by Crippen LogP contribution is 2.65. The molecule has 0 aromatic heterocycles. The molecule has 27 heavy (non-hydrogen) atoms. The highest BCUT2D eigenvalue weighted by atomic mass is 16.4. The fourth-order valence-electron chi connectivity index (χ4n) is 7.68. The van der Waals surface area contributed by atoms with Crippen LogP contribution >= 0.6 is 0 Å². The van der Waals surface area contributed by atoms with Crippen LogP contribution in [0.5, 0.6) is 0 Å². The molecular weight excluding hydrogens is 352 g/mol. The molecule has 5 saturated carbocycles. The molecule has 0 heterocycles. The van der Waals surface area contributed by atoms with Gasteiger partial charge in [-0.05, 0) is 44.9 Å². The van der Waals surface area contributed by atoms with Crippen molar-refractivity contribution in [3.63, 3.8) is 0 Å². The van der Waals surface area contributed by atoms with E-state index in [0.29, 0.717) is 12.8 Å². The van der Waals surface area contributed by atoms with E-state index >= 15 is 0 Å².